The summed E-state index contributed by atoms with van der Waals surface area (Å²) in [6, 6.07) is 7.70. The van der Waals surface area contributed by atoms with Crippen LogP contribution < -0.4 is 5.32 Å². The summed E-state index contributed by atoms with van der Waals surface area (Å²) in [7, 11) is 0. The Hall–Kier alpha value is -2.25. The number of halogens is 1. The first-order valence-electron chi connectivity index (χ1n) is 10.7. The molecule has 1 fully saturated rings. The molecule has 1 amide bonds. The lowest BCUT2D eigenvalue weighted by atomic mass is 9.95. The van der Waals surface area contributed by atoms with Crippen LogP contribution in [0.2, 0.25) is 0 Å². The number of likely N-dealkylation sites (tertiary alicyclic amines) is 1. The van der Waals surface area contributed by atoms with E-state index in [4.69, 9.17) is 0 Å². The maximum Gasteiger partial charge on any atom is 0.223 e. The van der Waals surface area contributed by atoms with E-state index in [1.807, 2.05) is 29.2 Å². The van der Waals surface area contributed by atoms with E-state index in [0.29, 0.717) is 11.5 Å². The van der Waals surface area contributed by atoms with Crippen molar-refractivity contribution in [2.75, 3.05) is 19.6 Å². The van der Waals surface area contributed by atoms with Crippen molar-refractivity contribution in [1.82, 2.24) is 25.0 Å². The van der Waals surface area contributed by atoms with Crippen LogP contribution in [-0.4, -0.2) is 51.0 Å². The highest BCUT2D eigenvalue weighted by Crippen LogP contribution is 2.28. The van der Waals surface area contributed by atoms with Gasteiger partial charge in [0.25, 0.3) is 0 Å². The van der Waals surface area contributed by atoms with Gasteiger partial charge in [0, 0.05) is 50.5 Å². The predicted octanol–water partition coefficient (Wildman–Crippen LogP) is 2.73. The highest BCUT2D eigenvalue weighted by Gasteiger charge is 2.28. The lowest BCUT2D eigenvalue weighted by Crippen LogP contribution is -2.39. The molecular weight excluding hydrogens is 402 g/mol. The molecule has 2 aliphatic rings. The molecule has 3 heterocycles. The summed E-state index contributed by atoms with van der Waals surface area (Å²) in [6.07, 6.45) is 3.32. The standard InChI is InChI=1S/C22H29N5O2.ClH/c1-2-16-3-5-17(6-4-16)19(28)7-8-21(29)26-12-9-18(10-13-26)22-25-24-20-15-23-11-14-27(20)22;/h3-6,18,23H,2,7-15H2,1H3;1H. The van der Waals surface area contributed by atoms with Gasteiger partial charge in [-0.1, -0.05) is 31.2 Å². The Balaban J connectivity index is 0.00000256. The quantitative estimate of drug-likeness (QED) is 0.711. The van der Waals surface area contributed by atoms with Crippen molar-refractivity contribution in [2.24, 2.45) is 0 Å². The Labute approximate surface area is 183 Å². The molecule has 7 nitrogen and oxygen atoms in total. The van der Waals surface area contributed by atoms with Gasteiger partial charge < -0.3 is 14.8 Å². The van der Waals surface area contributed by atoms with Gasteiger partial charge >= 0.3 is 0 Å². The van der Waals surface area contributed by atoms with Gasteiger partial charge in [-0.05, 0) is 24.8 Å². The molecule has 0 saturated carbocycles. The highest BCUT2D eigenvalue weighted by atomic mass is 35.5. The van der Waals surface area contributed by atoms with E-state index >= 15 is 0 Å². The van der Waals surface area contributed by atoms with Gasteiger partial charge in [-0.3, -0.25) is 9.59 Å². The van der Waals surface area contributed by atoms with Gasteiger partial charge in [-0.2, -0.15) is 0 Å². The number of aromatic nitrogens is 3. The maximum atomic E-state index is 12.6. The number of fused-ring (bicyclic) bond motifs is 1. The second-order valence-electron chi connectivity index (χ2n) is 7.93. The summed E-state index contributed by atoms with van der Waals surface area (Å²) < 4.78 is 2.24. The van der Waals surface area contributed by atoms with Crippen molar-refractivity contribution < 1.29 is 9.59 Å². The molecule has 1 saturated heterocycles. The highest BCUT2D eigenvalue weighted by molar-refractivity contribution is 5.98. The van der Waals surface area contributed by atoms with E-state index in [1.165, 1.54) is 5.56 Å². The summed E-state index contributed by atoms with van der Waals surface area (Å²) in [5.41, 5.74) is 1.91. The smallest absolute Gasteiger partial charge is 0.223 e. The van der Waals surface area contributed by atoms with Crippen molar-refractivity contribution in [1.29, 1.82) is 0 Å². The Morgan fingerprint density at radius 3 is 2.50 bits per heavy atom. The molecule has 0 atom stereocenters. The fourth-order valence-electron chi connectivity index (χ4n) is 4.25. The second kappa shape index (κ2) is 10.2. The molecule has 0 bridgehead atoms. The van der Waals surface area contributed by atoms with Crippen molar-refractivity contribution in [3.8, 4) is 0 Å². The lowest BCUT2D eigenvalue weighted by Gasteiger charge is -2.32. The fourth-order valence-corrected chi connectivity index (χ4v) is 4.25. The molecule has 2 aliphatic heterocycles. The lowest BCUT2D eigenvalue weighted by molar-refractivity contribution is -0.132. The van der Waals surface area contributed by atoms with Crippen molar-refractivity contribution >= 4 is 24.1 Å². The largest absolute Gasteiger partial charge is 0.343 e. The Morgan fingerprint density at radius 2 is 1.80 bits per heavy atom. The first-order valence-corrected chi connectivity index (χ1v) is 10.7. The molecule has 162 valence electrons. The summed E-state index contributed by atoms with van der Waals surface area (Å²) in [4.78, 5) is 26.9. The fraction of sp³-hybridized carbons (Fsp3) is 0.545. The summed E-state index contributed by atoms with van der Waals surface area (Å²) in [5, 5.41) is 12.0. The zero-order valence-corrected chi connectivity index (χ0v) is 18.3. The third kappa shape index (κ3) is 4.90. The maximum absolute atomic E-state index is 12.6. The molecule has 1 aromatic carbocycles. The van der Waals surface area contributed by atoms with Crippen molar-refractivity contribution in [3.63, 3.8) is 0 Å². The van der Waals surface area contributed by atoms with Gasteiger partial charge in [-0.15, -0.1) is 22.6 Å². The number of aryl methyl sites for hydroxylation is 1. The molecule has 0 unspecified atom stereocenters. The molecule has 8 heteroatoms. The zero-order valence-electron chi connectivity index (χ0n) is 17.5. The number of hydrogen-bond acceptors (Lipinski definition) is 5. The van der Waals surface area contributed by atoms with E-state index in [0.717, 1.165) is 63.6 Å². The van der Waals surface area contributed by atoms with Gasteiger partial charge in [0.15, 0.2) is 5.78 Å². The average Bonchev–Trinajstić information content (AvgIpc) is 3.21. The number of nitrogens with one attached hydrogen (secondary N) is 1. The minimum absolute atomic E-state index is 0. The van der Waals surface area contributed by atoms with E-state index in [1.54, 1.807) is 0 Å². The Morgan fingerprint density at radius 1 is 1.07 bits per heavy atom. The molecule has 0 aliphatic carbocycles. The monoisotopic (exact) mass is 431 g/mol. The predicted molar refractivity (Wildman–Crippen MR) is 117 cm³/mol. The van der Waals surface area contributed by atoms with E-state index in [9.17, 15) is 9.59 Å². The van der Waals surface area contributed by atoms with Crippen LogP contribution in [0.25, 0.3) is 0 Å². The van der Waals surface area contributed by atoms with Crippen LogP contribution in [0.15, 0.2) is 24.3 Å². The van der Waals surface area contributed by atoms with Crippen LogP contribution in [0.1, 0.15) is 66.1 Å². The molecule has 4 rings (SSSR count). The molecule has 30 heavy (non-hydrogen) atoms. The third-order valence-electron chi connectivity index (χ3n) is 6.11. The number of carbonyl (C=O) groups excluding carboxylic acids is 2. The molecule has 0 spiro atoms. The van der Waals surface area contributed by atoms with Gasteiger partial charge in [-0.25, -0.2) is 0 Å². The van der Waals surface area contributed by atoms with Gasteiger partial charge in [0.1, 0.15) is 11.6 Å². The number of nitrogens with zero attached hydrogens (tertiary/aromatic N) is 4. The van der Waals surface area contributed by atoms with E-state index < -0.39 is 0 Å². The van der Waals surface area contributed by atoms with Crippen LogP contribution in [0.5, 0.6) is 0 Å². The van der Waals surface area contributed by atoms with Gasteiger partial charge in [0.05, 0.1) is 6.54 Å². The van der Waals surface area contributed by atoms with Gasteiger partial charge in [0.2, 0.25) is 5.91 Å². The third-order valence-corrected chi connectivity index (χ3v) is 6.11. The number of rotatable bonds is 6. The van der Waals surface area contributed by atoms with Crippen LogP contribution in [0.3, 0.4) is 0 Å². The minimum Gasteiger partial charge on any atom is -0.343 e. The molecular formula is C22H30ClN5O2. The number of carbonyl (C=O) groups is 2. The number of piperidine rings is 1. The van der Waals surface area contributed by atoms with Crippen LogP contribution in [-0.2, 0) is 24.3 Å². The molecule has 1 N–H and O–H groups in total. The normalized spacial score (nSPS) is 16.6. The number of Topliss-reactive ketones (excluding diaryl/α,β-unsaturated/α-hetero) is 1. The molecule has 1 aromatic heterocycles. The van der Waals surface area contributed by atoms with Crippen LogP contribution >= 0.6 is 12.4 Å². The van der Waals surface area contributed by atoms with Crippen molar-refractivity contribution in [3.05, 3.63) is 47.0 Å². The molecule has 2 aromatic rings. The average molecular weight is 432 g/mol. The number of amides is 1. The summed E-state index contributed by atoms with van der Waals surface area (Å²) in [5.74, 6) is 2.56. The zero-order chi connectivity index (χ0) is 20.2. The summed E-state index contributed by atoms with van der Waals surface area (Å²) >= 11 is 0. The van der Waals surface area contributed by atoms with Crippen LogP contribution in [0, 0.1) is 0 Å². The number of benzene rings is 1. The van der Waals surface area contributed by atoms with Crippen LogP contribution in [0.4, 0.5) is 0 Å². The first-order chi connectivity index (χ1) is 14.2. The summed E-state index contributed by atoms with van der Waals surface area (Å²) in [6.45, 7) is 6.18. The minimum atomic E-state index is 0. The SMILES string of the molecule is CCc1ccc(C(=O)CCC(=O)N2CCC(c3nnc4n3CCNC4)CC2)cc1.Cl. The topological polar surface area (TPSA) is 80.1 Å². The number of ketones is 1. The Kier molecular flexibility index (Phi) is 7.61. The second-order valence-corrected chi connectivity index (χ2v) is 7.93. The number of hydrogen-bond donors (Lipinski definition) is 1. The Bertz CT molecular complexity index is 872. The molecule has 0 radical (unpaired) electrons. The van der Waals surface area contributed by atoms with E-state index in [-0.39, 0.29) is 36.9 Å². The van der Waals surface area contributed by atoms with Crippen molar-refractivity contribution in [2.45, 2.75) is 58.0 Å². The van der Waals surface area contributed by atoms with E-state index in [2.05, 4.69) is 27.0 Å². The first kappa shape index (κ1) is 22.4.